The van der Waals surface area contributed by atoms with E-state index < -0.39 is 0 Å². The van der Waals surface area contributed by atoms with Crippen LogP contribution in [-0.4, -0.2) is 22.7 Å². The van der Waals surface area contributed by atoms with Crippen LogP contribution in [0.15, 0.2) is 91.0 Å². The Balaban J connectivity index is 1.82. The van der Waals surface area contributed by atoms with E-state index in [4.69, 9.17) is 10.8 Å². The summed E-state index contributed by atoms with van der Waals surface area (Å²) < 4.78 is 1.78. The molecule has 0 saturated heterocycles. The van der Waals surface area contributed by atoms with E-state index in [9.17, 15) is 4.79 Å². The minimum absolute atomic E-state index is 0.185. The van der Waals surface area contributed by atoms with Crippen LogP contribution in [0.3, 0.4) is 0 Å². The van der Waals surface area contributed by atoms with Gasteiger partial charge in [-0.3, -0.25) is 9.69 Å². The van der Waals surface area contributed by atoms with Crippen LogP contribution in [0.25, 0.3) is 16.9 Å². The Morgan fingerprint density at radius 3 is 2.18 bits per heavy atom. The second kappa shape index (κ2) is 7.40. The molecule has 0 saturated carbocycles. The second-order valence-corrected chi connectivity index (χ2v) is 6.45. The first-order chi connectivity index (χ1) is 13.6. The molecule has 3 aromatic carbocycles. The van der Waals surface area contributed by atoms with Gasteiger partial charge in [-0.2, -0.15) is 5.10 Å². The van der Waals surface area contributed by atoms with Crippen LogP contribution >= 0.6 is 0 Å². The lowest BCUT2D eigenvalue weighted by molar-refractivity contribution is 0.0992. The number of hydrogen-bond donors (Lipinski definition) is 1. The van der Waals surface area contributed by atoms with Gasteiger partial charge in [-0.25, -0.2) is 4.68 Å². The lowest BCUT2D eigenvalue weighted by atomic mass is 10.1. The zero-order valence-electron chi connectivity index (χ0n) is 15.5. The number of carbonyl (C=O) groups is 1. The van der Waals surface area contributed by atoms with E-state index in [0.29, 0.717) is 17.1 Å². The van der Waals surface area contributed by atoms with E-state index in [1.807, 2.05) is 72.8 Å². The maximum absolute atomic E-state index is 13.1. The first kappa shape index (κ1) is 17.5. The van der Waals surface area contributed by atoms with Crippen LogP contribution in [0.1, 0.15) is 10.4 Å². The second-order valence-electron chi connectivity index (χ2n) is 6.45. The summed E-state index contributed by atoms with van der Waals surface area (Å²) in [4.78, 5) is 14.7. The third kappa shape index (κ3) is 3.25. The van der Waals surface area contributed by atoms with Crippen LogP contribution in [0.5, 0.6) is 0 Å². The number of nitrogen functional groups attached to an aromatic ring is 1. The van der Waals surface area contributed by atoms with Crippen LogP contribution in [0, 0.1) is 0 Å². The van der Waals surface area contributed by atoms with E-state index in [-0.39, 0.29) is 5.91 Å². The van der Waals surface area contributed by atoms with E-state index in [1.165, 1.54) is 0 Å². The van der Waals surface area contributed by atoms with Gasteiger partial charge in [-0.15, -0.1) is 0 Å². The number of anilines is 2. The van der Waals surface area contributed by atoms with Gasteiger partial charge in [0, 0.05) is 24.4 Å². The van der Waals surface area contributed by atoms with E-state index in [1.54, 1.807) is 34.8 Å². The molecule has 0 aliphatic carbocycles. The fourth-order valence-corrected chi connectivity index (χ4v) is 3.10. The Kier molecular flexibility index (Phi) is 4.64. The van der Waals surface area contributed by atoms with Crippen LogP contribution in [0.2, 0.25) is 0 Å². The van der Waals surface area contributed by atoms with Crippen LogP contribution < -0.4 is 10.6 Å². The Bertz CT molecular complexity index is 1100. The molecule has 0 spiro atoms. The van der Waals surface area contributed by atoms with Crippen molar-refractivity contribution in [2.75, 3.05) is 17.7 Å². The molecule has 0 atom stereocenters. The van der Waals surface area contributed by atoms with Gasteiger partial charge in [-0.05, 0) is 24.3 Å². The summed E-state index contributed by atoms with van der Waals surface area (Å²) in [5.74, 6) is 0.480. The molecule has 5 nitrogen and oxygen atoms in total. The Morgan fingerprint density at radius 2 is 1.50 bits per heavy atom. The highest BCUT2D eigenvalue weighted by atomic mass is 16.2. The summed E-state index contributed by atoms with van der Waals surface area (Å²) >= 11 is 0. The summed E-state index contributed by atoms with van der Waals surface area (Å²) in [5, 5.41) is 4.76. The van der Waals surface area contributed by atoms with Gasteiger partial charge in [0.15, 0.2) is 0 Å². The Morgan fingerprint density at radius 1 is 0.893 bits per heavy atom. The summed E-state index contributed by atoms with van der Waals surface area (Å²) in [5.41, 5.74) is 9.58. The fourth-order valence-electron chi connectivity index (χ4n) is 3.10. The van der Waals surface area contributed by atoms with Crippen molar-refractivity contribution in [1.29, 1.82) is 0 Å². The van der Waals surface area contributed by atoms with Gasteiger partial charge in [-0.1, -0.05) is 60.7 Å². The summed E-state index contributed by atoms with van der Waals surface area (Å²) in [6.07, 6.45) is 0. The van der Waals surface area contributed by atoms with Crippen molar-refractivity contribution in [2.45, 2.75) is 0 Å². The number of nitrogens with zero attached hydrogens (tertiary/aromatic N) is 3. The molecule has 0 radical (unpaired) electrons. The quantitative estimate of drug-likeness (QED) is 0.543. The van der Waals surface area contributed by atoms with Crippen molar-refractivity contribution in [3.05, 3.63) is 96.6 Å². The van der Waals surface area contributed by atoms with Crippen molar-refractivity contribution >= 4 is 17.4 Å². The number of carbonyl (C=O) groups excluding carboxylic acids is 1. The molecular weight excluding hydrogens is 348 g/mol. The molecule has 2 N–H and O–H groups in total. The highest BCUT2D eigenvalue weighted by Crippen LogP contribution is 2.28. The smallest absolute Gasteiger partial charge is 0.261 e. The Labute approximate surface area is 163 Å². The molecule has 5 heteroatoms. The zero-order chi connectivity index (χ0) is 19.5. The van der Waals surface area contributed by atoms with Crippen molar-refractivity contribution in [3.8, 4) is 16.9 Å². The topological polar surface area (TPSA) is 64.2 Å². The standard InChI is InChI=1S/C23H20N4O/c1-26(23(28)19-14-8-9-15-20(19)24)22-16-21(17-10-4-2-5-11-17)25-27(22)18-12-6-3-7-13-18/h2-16H,24H2,1H3. The number of amides is 1. The maximum atomic E-state index is 13.1. The molecule has 1 heterocycles. The molecule has 0 unspecified atom stereocenters. The molecule has 0 aliphatic heterocycles. The highest BCUT2D eigenvalue weighted by Gasteiger charge is 2.21. The normalized spacial score (nSPS) is 10.6. The number of aromatic nitrogens is 2. The number of nitrogens with two attached hydrogens (primary N) is 1. The minimum Gasteiger partial charge on any atom is -0.398 e. The minimum atomic E-state index is -0.185. The van der Waals surface area contributed by atoms with Crippen LogP contribution in [-0.2, 0) is 0 Å². The average molecular weight is 368 g/mol. The first-order valence-corrected chi connectivity index (χ1v) is 8.98. The first-order valence-electron chi connectivity index (χ1n) is 8.98. The number of hydrogen-bond acceptors (Lipinski definition) is 3. The predicted molar refractivity (Wildman–Crippen MR) is 113 cm³/mol. The van der Waals surface area contributed by atoms with Gasteiger partial charge in [0.05, 0.1) is 16.9 Å². The Hall–Kier alpha value is -3.86. The van der Waals surface area contributed by atoms with Crippen molar-refractivity contribution in [1.82, 2.24) is 9.78 Å². The fraction of sp³-hybridized carbons (Fsp3) is 0.0435. The molecule has 0 fully saturated rings. The maximum Gasteiger partial charge on any atom is 0.261 e. The highest BCUT2D eigenvalue weighted by molar-refractivity contribution is 6.08. The molecule has 1 aromatic heterocycles. The largest absolute Gasteiger partial charge is 0.398 e. The summed E-state index contributed by atoms with van der Waals surface area (Å²) in [6, 6.07) is 28.6. The monoisotopic (exact) mass is 368 g/mol. The van der Waals surface area contributed by atoms with Gasteiger partial charge in [0.2, 0.25) is 0 Å². The van der Waals surface area contributed by atoms with E-state index in [2.05, 4.69) is 0 Å². The average Bonchev–Trinajstić information content (AvgIpc) is 3.20. The third-order valence-electron chi connectivity index (χ3n) is 4.60. The summed E-state index contributed by atoms with van der Waals surface area (Å²) in [7, 11) is 1.74. The zero-order valence-corrected chi connectivity index (χ0v) is 15.5. The van der Waals surface area contributed by atoms with E-state index in [0.717, 1.165) is 16.9 Å². The number of para-hydroxylation sites is 2. The summed E-state index contributed by atoms with van der Waals surface area (Å²) in [6.45, 7) is 0. The molecule has 1 amide bonds. The molecule has 4 rings (SSSR count). The third-order valence-corrected chi connectivity index (χ3v) is 4.60. The van der Waals surface area contributed by atoms with E-state index >= 15 is 0 Å². The van der Waals surface area contributed by atoms with Gasteiger partial charge in [0.1, 0.15) is 5.82 Å². The van der Waals surface area contributed by atoms with Gasteiger partial charge in [0.25, 0.3) is 5.91 Å². The number of rotatable bonds is 4. The molecule has 28 heavy (non-hydrogen) atoms. The van der Waals surface area contributed by atoms with Crippen molar-refractivity contribution in [3.63, 3.8) is 0 Å². The molecular formula is C23H20N4O. The molecule has 138 valence electrons. The SMILES string of the molecule is CN(C(=O)c1ccccc1N)c1cc(-c2ccccc2)nn1-c1ccccc1. The lowest BCUT2D eigenvalue weighted by Gasteiger charge is -2.19. The molecule has 0 aliphatic rings. The lowest BCUT2D eigenvalue weighted by Crippen LogP contribution is -2.29. The number of benzene rings is 3. The van der Waals surface area contributed by atoms with Crippen LogP contribution in [0.4, 0.5) is 11.5 Å². The molecule has 0 bridgehead atoms. The van der Waals surface area contributed by atoms with Gasteiger partial charge >= 0.3 is 0 Å². The molecule has 4 aromatic rings. The van der Waals surface area contributed by atoms with Gasteiger partial charge < -0.3 is 5.73 Å². The predicted octanol–water partition coefficient (Wildman–Crippen LogP) is 4.40. The van der Waals surface area contributed by atoms with Crippen molar-refractivity contribution in [2.24, 2.45) is 0 Å². The van der Waals surface area contributed by atoms with Crippen molar-refractivity contribution < 1.29 is 4.79 Å².